The summed E-state index contributed by atoms with van der Waals surface area (Å²) in [6.45, 7) is 8.82. The predicted octanol–water partition coefficient (Wildman–Crippen LogP) is 3.23. The van der Waals surface area contributed by atoms with Gasteiger partial charge in [-0.05, 0) is 39.8 Å². The van der Waals surface area contributed by atoms with Gasteiger partial charge in [-0.3, -0.25) is 4.79 Å². The quantitative estimate of drug-likeness (QED) is 0.776. The summed E-state index contributed by atoms with van der Waals surface area (Å²) in [6, 6.07) is 5.35. The summed E-state index contributed by atoms with van der Waals surface area (Å²) < 4.78 is 16.9. The van der Waals surface area contributed by atoms with Crippen molar-refractivity contribution in [1.29, 1.82) is 0 Å². The van der Waals surface area contributed by atoms with E-state index in [1.165, 1.54) is 0 Å². The van der Waals surface area contributed by atoms with E-state index in [1.807, 2.05) is 27.7 Å². The summed E-state index contributed by atoms with van der Waals surface area (Å²) in [4.78, 5) is 12.0. The van der Waals surface area contributed by atoms with Gasteiger partial charge in [-0.1, -0.05) is 0 Å². The Hall–Kier alpha value is -1.55. The van der Waals surface area contributed by atoms with E-state index >= 15 is 0 Å². The van der Waals surface area contributed by atoms with E-state index in [1.54, 1.807) is 18.2 Å². The standard InChI is InChI=1S/C16H22O4/c1-11(2)18-7-8-19-12-5-6-13-14(17)10-16(3,4)20-15(13)9-12/h5-6,9,11H,7-8,10H2,1-4H3. The number of fused-ring (bicyclic) bond motifs is 1. The van der Waals surface area contributed by atoms with E-state index in [2.05, 4.69) is 0 Å². The zero-order valence-corrected chi connectivity index (χ0v) is 12.6. The predicted molar refractivity (Wildman–Crippen MR) is 76.7 cm³/mol. The summed E-state index contributed by atoms with van der Waals surface area (Å²) in [7, 11) is 0. The lowest BCUT2D eigenvalue weighted by atomic mass is 9.93. The first-order valence-corrected chi connectivity index (χ1v) is 6.98. The van der Waals surface area contributed by atoms with Gasteiger partial charge in [-0.2, -0.15) is 0 Å². The number of ether oxygens (including phenoxy) is 3. The minimum atomic E-state index is -0.455. The monoisotopic (exact) mass is 278 g/mol. The Morgan fingerprint density at radius 2 is 2.05 bits per heavy atom. The molecule has 1 heterocycles. The van der Waals surface area contributed by atoms with Crippen LogP contribution in [0.3, 0.4) is 0 Å². The molecule has 20 heavy (non-hydrogen) atoms. The molecule has 1 aliphatic heterocycles. The second-order valence-electron chi connectivity index (χ2n) is 5.89. The van der Waals surface area contributed by atoms with Crippen molar-refractivity contribution in [2.45, 2.75) is 45.8 Å². The van der Waals surface area contributed by atoms with Gasteiger partial charge >= 0.3 is 0 Å². The van der Waals surface area contributed by atoms with E-state index < -0.39 is 5.60 Å². The zero-order chi connectivity index (χ0) is 14.8. The van der Waals surface area contributed by atoms with Crippen molar-refractivity contribution >= 4 is 5.78 Å². The van der Waals surface area contributed by atoms with E-state index in [0.717, 1.165) is 0 Å². The Labute approximate surface area is 120 Å². The van der Waals surface area contributed by atoms with Crippen molar-refractivity contribution in [2.24, 2.45) is 0 Å². The normalized spacial score (nSPS) is 16.8. The summed E-state index contributed by atoms with van der Waals surface area (Å²) >= 11 is 0. The van der Waals surface area contributed by atoms with Crippen molar-refractivity contribution in [1.82, 2.24) is 0 Å². The Kier molecular flexibility index (Phi) is 4.33. The number of hydrogen-bond donors (Lipinski definition) is 0. The van der Waals surface area contributed by atoms with Gasteiger partial charge in [0.1, 0.15) is 23.7 Å². The molecule has 0 N–H and O–H groups in total. The highest BCUT2D eigenvalue weighted by atomic mass is 16.5. The maximum absolute atomic E-state index is 12.0. The lowest BCUT2D eigenvalue weighted by Crippen LogP contribution is -2.35. The minimum absolute atomic E-state index is 0.117. The molecular weight excluding hydrogens is 256 g/mol. The lowest BCUT2D eigenvalue weighted by Gasteiger charge is -2.31. The first kappa shape index (κ1) is 14.9. The maximum Gasteiger partial charge on any atom is 0.170 e. The smallest absolute Gasteiger partial charge is 0.170 e. The van der Waals surface area contributed by atoms with Gasteiger partial charge in [0.15, 0.2) is 5.78 Å². The average Bonchev–Trinajstić information content (AvgIpc) is 2.32. The molecule has 1 aromatic carbocycles. The molecule has 110 valence electrons. The molecule has 0 spiro atoms. The molecule has 2 rings (SSSR count). The van der Waals surface area contributed by atoms with Gasteiger partial charge in [-0.25, -0.2) is 0 Å². The van der Waals surface area contributed by atoms with Crippen LogP contribution in [0.5, 0.6) is 11.5 Å². The molecule has 0 aliphatic carbocycles. The van der Waals surface area contributed by atoms with Crippen molar-refractivity contribution in [2.75, 3.05) is 13.2 Å². The molecule has 0 amide bonds. The Morgan fingerprint density at radius 3 is 2.75 bits per heavy atom. The van der Waals surface area contributed by atoms with Gasteiger partial charge in [0.25, 0.3) is 0 Å². The van der Waals surface area contributed by atoms with Gasteiger partial charge in [0.05, 0.1) is 24.7 Å². The van der Waals surface area contributed by atoms with Crippen LogP contribution in [0.4, 0.5) is 0 Å². The van der Waals surface area contributed by atoms with Gasteiger partial charge in [0, 0.05) is 6.07 Å². The average molecular weight is 278 g/mol. The van der Waals surface area contributed by atoms with E-state index in [0.29, 0.717) is 36.7 Å². The van der Waals surface area contributed by atoms with Crippen molar-refractivity contribution in [3.63, 3.8) is 0 Å². The van der Waals surface area contributed by atoms with E-state index in [4.69, 9.17) is 14.2 Å². The third-order valence-electron chi connectivity index (χ3n) is 3.03. The number of hydrogen-bond acceptors (Lipinski definition) is 4. The number of rotatable bonds is 5. The highest BCUT2D eigenvalue weighted by molar-refractivity contribution is 6.00. The lowest BCUT2D eigenvalue weighted by molar-refractivity contribution is 0.0539. The van der Waals surface area contributed by atoms with Gasteiger partial charge in [0.2, 0.25) is 0 Å². The van der Waals surface area contributed by atoms with Crippen LogP contribution in [0.1, 0.15) is 44.5 Å². The van der Waals surface area contributed by atoms with Crippen LogP contribution in [-0.2, 0) is 4.74 Å². The topological polar surface area (TPSA) is 44.8 Å². The Bertz CT molecular complexity index is 491. The molecule has 1 aromatic rings. The Balaban J connectivity index is 2.02. The number of ketones is 1. The third kappa shape index (κ3) is 3.73. The Morgan fingerprint density at radius 1 is 1.30 bits per heavy atom. The number of carbonyl (C=O) groups is 1. The molecule has 0 unspecified atom stereocenters. The van der Waals surface area contributed by atoms with E-state index in [-0.39, 0.29) is 11.9 Å². The molecule has 0 aromatic heterocycles. The van der Waals surface area contributed by atoms with Gasteiger partial charge in [-0.15, -0.1) is 0 Å². The molecule has 1 aliphatic rings. The fraction of sp³-hybridized carbons (Fsp3) is 0.562. The van der Waals surface area contributed by atoms with Gasteiger partial charge < -0.3 is 14.2 Å². The fourth-order valence-corrected chi connectivity index (χ4v) is 2.17. The molecule has 0 atom stereocenters. The third-order valence-corrected chi connectivity index (χ3v) is 3.03. The van der Waals surface area contributed by atoms with Crippen LogP contribution in [0.15, 0.2) is 18.2 Å². The number of Topliss-reactive ketones (excluding diaryl/α,β-unsaturated/α-hetero) is 1. The molecule has 0 fully saturated rings. The molecule has 4 nitrogen and oxygen atoms in total. The van der Waals surface area contributed by atoms with Crippen LogP contribution < -0.4 is 9.47 Å². The molecule has 0 radical (unpaired) electrons. The van der Waals surface area contributed by atoms with Crippen molar-refractivity contribution in [3.8, 4) is 11.5 Å². The fourth-order valence-electron chi connectivity index (χ4n) is 2.17. The van der Waals surface area contributed by atoms with Crippen LogP contribution in [0, 0.1) is 0 Å². The number of benzene rings is 1. The van der Waals surface area contributed by atoms with Crippen LogP contribution >= 0.6 is 0 Å². The summed E-state index contributed by atoms with van der Waals surface area (Å²) in [6.07, 6.45) is 0.603. The van der Waals surface area contributed by atoms with Crippen LogP contribution in [0.2, 0.25) is 0 Å². The minimum Gasteiger partial charge on any atom is -0.491 e. The van der Waals surface area contributed by atoms with Crippen LogP contribution in [0.25, 0.3) is 0 Å². The molecule has 0 bridgehead atoms. The number of carbonyl (C=O) groups excluding carboxylic acids is 1. The first-order valence-electron chi connectivity index (χ1n) is 6.98. The molecule has 0 saturated carbocycles. The van der Waals surface area contributed by atoms with E-state index in [9.17, 15) is 4.79 Å². The zero-order valence-electron chi connectivity index (χ0n) is 12.6. The summed E-state index contributed by atoms with van der Waals surface area (Å²) in [5.41, 5.74) is 0.179. The second kappa shape index (κ2) is 5.83. The summed E-state index contributed by atoms with van der Waals surface area (Å²) in [5.74, 6) is 1.42. The molecular formula is C16H22O4. The maximum atomic E-state index is 12.0. The SMILES string of the molecule is CC(C)OCCOc1ccc2c(c1)OC(C)(C)CC2=O. The largest absolute Gasteiger partial charge is 0.491 e. The van der Waals surface area contributed by atoms with Crippen LogP contribution in [-0.4, -0.2) is 30.7 Å². The molecule has 0 saturated heterocycles. The van der Waals surface area contributed by atoms with Crippen molar-refractivity contribution < 1.29 is 19.0 Å². The first-order chi connectivity index (χ1) is 9.37. The highest BCUT2D eigenvalue weighted by Crippen LogP contribution is 2.35. The van der Waals surface area contributed by atoms with Crippen molar-refractivity contribution in [3.05, 3.63) is 23.8 Å². The summed E-state index contributed by atoms with van der Waals surface area (Å²) in [5, 5.41) is 0. The second-order valence-corrected chi connectivity index (χ2v) is 5.89. The molecule has 4 heteroatoms. The highest BCUT2D eigenvalue weighted by Gasteiger charge is 2.32.